The summed E-state index contributed by atoms with van der Waals surface area (Å²) in [6, 6.07) is 5.14. The Kier molecular flexibility index (Phi) is 4.92. The van der Waals surface area contributed by atoms with Gasteiger partial charge in [0.1, 0.15) is 0 Å². The van der Waals surface area contributed by atoms with Crippen molar-refractivity contribution in [2.45, 2.75) is 57.4 Å². The van der Waals surface area contributed by atoms with E-state index in [2.05, 4.69) is 10.1 Å². The molecular formula is C20H23N3O4. The number of carboxylic acids is 1. The van der Waals surface area contributed by atoms with Crippen molar-refractivity contribution in [1.82, 2.24) is 15.0 Å². The van der Waals surface area contributed by atoms with Gasteiger partial charge in [-0.05, 0) is 42.5 Å². The van der Waals surface area contributed by atoms with Crippen molar-refractivity contribution in [1.29, 1.82) is 0 Å². The van der Waals surface area contributed by atoms with Gasteiger partial charge in [0.05, 0.1) is 5.56 Å². The van der Waals surface area contributed by atoms with E-state index in [0.29, 0.717) is 37.7 Å². The first kappa shape index (κ1) is 17.7. The van der Waals surface area contributed by atoms with E-state index in [0.717, 1.165) is 36.2 Å². The van der Waals surface area contributed by atoms with Gasteiger partial charge in [-0.3, -0.25) is 4.79 Å². The summed E-state index contributed by atoms with van der Waals surface area (Å²) < 4.78 is 5.32. The number of aromatic carboxylic acids is 1. The molecule has 1 saturated carbocycles. The van der Waals surface area contributed by atoms with E-state index in [-0.39, 0.29) is 11.5 Å². The molecule has 0 atom stereocenters. The Morgan fingerprint density at radius 1 is 1.22 bits per heavy atom. The van der Waals surface area contributed by atoms with Crippen LogP contribution in [0.4, 0.5) is 0 Å². The molecule has 2 heterocycles. The molecule has 27 heavy (non-hydrogen) atoms. The van der Waals surface area contributed by atoms with Crippen molar-refractivity contribution in [2.24, 2.45) is 0 Å². The minimum atomic E-state index is -0.948. The third-order valence-electron chi connectivity index (χ3n) is 5.58. The number of hydrogen-bond acceptors (Lipinski definition) is 5. The van der Waals surface area contributed by atoms with Crippen LogP contribution in [0.2, 0.25) is 0 Å². The van der Waals surface area contributed by atoms with Gasteiger partial charge >= 0.3 is 5.97 Å². The highest BCUT2D eigenvalue weighted by molar-refractivity contribution is 5.88. The number of aromatic nitrogens is 2. The first-order valence-corrected chi connectivity index (χ1v) is 9.55. The lowest BCUT2D eigenvalue weighted by molar-refractivity contribution is -0.132. The molecule has 1 aliphatic carbocycles. The van der Waals surface area contributed by atoms with Gasteiger partial charge in [0, 0.05) is 31.8 Å². The predicted molar refractivity (Wildman–Crippen MR) is 96.4 cm³/mol. The number of rotatable bonds is 5. The molecule has 1 aliphatic heterocycles. The number of carboxylic acid groups (broad SMARTS) is 1. The zero-order valence-electron chi connectivity index (χ0n) is 15.2. The normalized spacial score (nSPS) is 17.1. The molecule has 2 aliphatic rings. The summed E-state index contributed by atoms with van der Waals surface area (Å²) in [4.78, 5) is 30.0. The van der Waals surface area contributed by atoms with Crippen LogP contribution >= 0.6 is 0 Å². The van der Waals surface area contributed by atoms with Crippen LogP contribution in [0, 0.1) is 0 Å². The first-order chi connectivity index (χ1) is 13.1. The Labute approximate surface area is 157 Å². The van der Waals surface area contributed by atoms with Gasteiger partial charge in [-0.25, -0.2) is 4.79 Å². The zero-order chi connectivity index (χ0) is 18.8. The van der Waals surface area contributed by atoms with Gasteiger partial charge in [0.2, 0.25) is 11.8 Å². The average Bonchev–Trinajstić information content (AvgIpc) is 3.36. The fourth-order valence-electron chi connectivity index (χ4n) is 3.99. The van der Waals surface area contributed by atoms with Crippen LogP contribution in [0.25, 0.3) is 0 Å². The number of carbonyl (C=O) groups is 2. The van der Waals surface area contributed by atoms with Crippen LogP contribution in [-0.2, 0) is 24.2 Å². The topological polar surface area (TPSA) is 96.5 Å². The maximum absolute atomic E-state index is 12.6. The van der Waals surface area contributed by atoms with Gasteiger partial charge in [-0.1, -0.05) is 24.1 Å². The summed E-state index contributed by atoms with van der Waals surface area (Å²) in [7, 11) is 0. The summed E-state index contributed by atoms with van der Waals surface area (Å²) in [5.74, 6) is 0.789. The second-order valence-electron chi connectivity index (χ2n) is 7.38. The molecular weight excluding hydrogens is 346 g/mol. The molecule has 7 heteroatoms. The predicted octanol–water partition coefficient (Wildman–Crippen LogP) is 2.94. The Balaban J connectivity index is 1.35. The van der Waals surface area contributed by atoms with E-state index in [1.54, 1.807) is 17.0 Å². The van der Waals surface area contributed by atoms with Crippen LogP contribution in [0.15, 0.2) is 22.7 Å². The molecule has 2 aromatic rings. The fraction of sp³-hybridized carbons (Fsp3) is 0.500. The summed E-state index contributed by atoms with van der Waals surface area (Å²) in [5, 5.41) is 13.2. The Hall–Kier alpha value is -2.70. The van der Waals surface area contributed by atoms with Crippen LogP contribution in [-0.4, -0.2) is 38.6 Å². The average molecular weight is 369 g/mol. The van der Waals surface area contributed by atoms with E-state index < -0.39 is 5.97 Å². The molecule has 0 radical (unpaired) electrons. The Morgan fingerprint density at radius 2 is 2.04 bits per heavy atom. The molecule has 1 amide bonds. The van der Waals surface area contributed by atoms with Gasteiger partial charge in [0.25, 0.3) is 0 Å². The Morgan fingerprint density at radius 3 is 2.81 bits per heavy atom. The lowest BCUT2D eigenvalue weighted by atomic mass is 9.97. The molecule has 4 rings (SSSR count). The van der Waals surface area contributed by atoms with Crippen molar-refractivity contribution >= 4 is 11.9 Å². The van der Waals surface area contributed by atoms with Gasteiger partial charge < -0.3 is 14.5 Å². The zero-order valence-corrected chi connectivity index (χ0v) is 15.2. The third-order valence-corrected chi connectivity index (χ3v) is 5.58. The number of hydrogen-bond donors (Lipinski definition) is 1. The smallest absolute Gasteiger partial charge is 0.335 e. The molecule has 7 nitrogen and oxygen atoms in total. The van der Waals surface area contributed by atoms with Crippen LogP contribution in [0.1, 0.15) is 71.2 Å². The molecule has 1 fully saturated rings. The van der Waals surface area contributed by atoms with E-state index >= 15 is 0 Å². The third kappa shape index (κ3) is 3.86. The SMILES string of the molecule is O=C(O)c1ccc2c(c1)CN(C(=O)CCc1nc(C3CCCC3)no1)CC2. The second-order valence-corrected chi connectivity index (χ2v) is 7.38. The van der Waals surface area contributed by atoms with Crippen molar-refractivity contribution in [3.8, 4) is 0 Å². The summed E-state index contributed by atoms with van der Waals surface area (Å²) >= 11 is 0. The van der Waals surface area contributed by atoms with Crippen molar-refractivity contribution in [3.05, 3.63) is 46.6 Å². The largest absolute Gasteiger partial charge is 0.478 e. The number of fused-ring (bicyclic) bond motifs is 1. The maximum atomic E-state index is 12.6. The van der Waals surface area contributed by atoms with Crippen LogP contribution < -0.4 is 0 Å². The number of aryl methyl sites for hydroxylation is 1. The lowest BCUT2D eigenvalue weighted by Crippen LogP contribution is -2.36. The van der Waals surface area contributed by atoms with Crippen LogP contribution in [0.5, 0.6) is 0 Å². The molecule has 1 N–H and O–H groups in total. The highest BCUT2D eigenvalue weighted by atomic mass is 16.5. The number of carbonyl (C=O) groups excluding carboxylic acids is 1. The van der Waals surface area contributed by atoms with E-state index in [9.17, 15) is 9.59 Å². The Bertz CT molecular complexity index is 855. The summed E-state index contributed by atoms with van der Waals surface area (Å²) in [6.07, 6.45) is 6.16. The van der Waals surface area contributed by atoms with Crippen molar-refractivity contribution in [2.75, 3.05) is 6.54 Å². The second kappa shape index (κ2) is 7.50. The minimum Gasteiger partial charge on any atom is -0.478 e. The van der Waals surface area contributed by atoms with Gasteiger partial charge in [-0.2, -0.15) is 4.98 Å². The summed E-state index contributed by atoms with van der Waals surface area (Å²) in [6.45, 7) is 1.10. The van der Waals surface area contributed by atoms with E-state index in [1.807, 2.05) is 6.07 Å². The number of nitrogens with zero attached hydrogens (tertiary/aromatic N) is 3. The molecule has 0 unspecified atom stereocenters. The quantitative estimate of drug-likeness (QED) is 0.870. The van der Waals surface area contributed by atoms with Gasteiger partial charge in [-0.15, -0.1) is 0 Å². The highest BCUT2D eigenvalue weighted by Crippen LogP contribution is 2.32. The molecule has 0 spiro atoms. The van der Waals surface area contributed by atoms with E-state index in [1.165, 1.54) is 12.8 Å². The fourth-order valence-corrected chi connectivity index (χ4v) is 3.99. The van der Waals surface area contributed by atoms with Crippen molar-refractivity contribution < 1.29 is 19.2 Å². The minimum absolute atomic E-state index is 0.0296. The number of amides is 1. The van der Waals surface area contributed by atoms with Gasteiger partial charge in [0.15, 0.2) is 5.82 Å². The first-order valence-electron chi connectivity index (χ1n) is 9.55. The molecule has 1 aromatic carbocycles. The monoisotopic (exact) mass is 369 g/mol. The molecule has 1 aromatic heterocycles. The lowest BCUT2D eigenvalue weighted by Gasteiger charge is -2.29. The molecule has 0 bridgehead atoms. The molecule has 142 valence electrons. The van der Waals surface area contributed by atoms with Crippen LogP contribution in [0.3, 0.4) is 0 Å². The molecule has 0 saturated heterocycles. The van der Waals surface area contributed by atoms with E-state index in [4.69, 9.17) is 9.63 Å². The standard InChI is InChI=1S/C20H23N3O4/c24-18(8-7-17-21-19(22-27-17)14-3-1-2-4-14)23-10-9-13-5-6-15(20(25)26)11-16(13)12-23/h5-6,11,14H,1-4,7-10,12H2,(H,25,26). The van der Waals surface area contributed by atoms with Crippen molar-refractivity contribution in [3.63, 3.8) is 0 Å². The number of benzene rings is 1. The maximum Gasteiger partial charge on any atom is 0.335 e. The highest BCUT2D eigenvalue weighted by Gasteiger charge is 2.24. The summed E-state index contributed by atoms with van der Waals surface area (Å²) in [5.41, 5.74) is 2.28.